The molecule has 0 radical (unpaired) electrons. The van der Waals surface area contributed by atoms with Crippen molar-refractivity contribution in [3.63, 3.8) is 0 Å². The highest BCUT2D eigenvalue weighted by molar-refractivity contribution is 6.35. The molecule has 156 valence electrons. The molecule has 1 amide bonds. The third-order valence-corrected chi connectivity index (χ3v) is 5.29. The molecule has 0 aliphatic carbocycles. The van der Waals surface area contributed by atoms with Crippen LogP contribution in [0.3, 0.4) is 0 Å². The van der Waals surface area contributed by atoms with Crippen molar-refractivity contribution in [2.24, 2.45) is 0 Å². The van der Waals surface area contributed by atoms with E-state index in [0.717, 1.165) is 45.0 Å². The maximum Gasteiger partial charge on any atom is 0.224 e. The highest BCUT2D eigenvalue weighted by atomic mass is 35.5. The largest absolute Gasteiger partial charge is 0.492 e. The second-order valence-electron chi connectivity index (χ2n) is 6.98. The first-order valence-electron chi connectivity index (χ1n) is 9.87. The minimum Gasteiger partial charge on any atom is -0.492 e. The van der Waals surface area contributed by atoms with E-state index in [0.29, 0.717) is 35.2 Å². The van der Waals surface area contributed by atoms with E-state index in [1.165, 1.54) is 5.56 Å². The van der Waals surface area contributed by atoms with Crippen LogP contribution in [-0.4, -0.2) is 50.3 Å². The summed E-state index contributed by atoms with van der Waals surface area (Å²) in [6, 6.07) is 13.1. The summed E-state index contributed by atoms with van der Waals surface area (Å²) in [4.78, 5) is 14.5. The molecule has 1 aliphatic heterocycles. The first kappa shape index (κ1) is 21.9. The summed E-state index contributed by atoms with van der Waals surface area (Å²) in [5, 5.41) is 3.96. The fraction of sp³-hybridized carbons (Fsp3) is 0.409. The Bertz CT molecular complexity index is 793. The van der Waals surface area contributed by atoms with Crippen LogP contribution in [0.15, 0.2) is 42.5 Å². The Labute approximate surface area is 181 Å². The molecule has 5 nitrogen and oxygen atoms in total. The number of ether oxygens (including phenoxy) is 2. The zero-order chi connectivity index (χ0) is 20.5. The van der Waals surface area contributed by atoms with E-state index in [-0.39, 0.29) is 5.91 Å². The fourth-order valence-corrected chi connectivity index (χ4v) is 3.56. The number of rotatable bonds is 9. The Morgan fingerprint density at radius 2 is 1.86 bits per heavy atom. The molecule has 0 atom stereocenters. The Morgan fingerprint density at radius 1 is 1.10 bits per heavy atom. The number of carbonyl (C=O) groups is 1. The van der Waals surface area contributed by atoms with Crippen molar-refractivity contribution >= 4 is 34.8 Å². The third kappa shape index (κ3) is 7.52. The molecule has 0 aromatic heterocycles. The molecule has 2 aromatic carbocycles. The average Bonchev–Trinajstić information content (AvgIpc) is 2.73. The van der Waals surface area contributed by atoms with Crippen LogP contribution in [0.4, 0.5) is 5.69 Å². The summed E-state index contributed by atoms with van der Waals surface area (Å²) in [5.74, 6) is 0.543. The minimum absolute atomic E-state index is 0.0307. The van der Waals surface area contributed by atoms with Crippen LogP contribution in [0.25, 0.3) is 0 Å². The van der Waals surface area contributed by atoms with Gasteiger partial charge in [0.1, 0.15) is 5.75 Å². The average molecular weight is 437 g/mol. The van der Waals surface area contributed by atoms with E-state index in [4.69, 9.17) is 32.7 Å². The molecule has 1 fully saturated rings. The summed E-state index contributed by atoms with van der Waals surface area (Å²) >= 11 is 11.9. The van der Waals surface area contributed by atoms with Gasteiger partial charge in [-0.05, 0) is 48.7 Å². The maximum absolute atomic E-state index is 12.1. The standard InChI is InChI=1S/C22H26Cl2N2O3/c23-18-5-8-21(20(24)16-18)29-13-1-2-22(27)25-19-6-3-17(4-7-19)9-10-26-11-14-28-15-12-26/h3-8,16H,1-2,9-15H2,(H,25,27). The van der Waals surface area contributed by atoms with Crippen molar-refractivity contribution in [1.29, 1.82) is 0 Å². The topological polar surface area (TPSA) is 50.8 Å². The van der Waals surface area contributed by atoms with Crippen LogP contribution in [0.5, 0.6) is 5.75 Å². The van der Waals surface area contributed by atoms with Gasteiger partial charge in [0.15, 0.2) is 0 Å². The monoisotopic (exact) mass is 436 g/mol. The van der Waals surface area contributed by atoms with Gasteiger partial charge in [-0.1, -0.05) is 35.3 Å². The van der Waals surface area contributed by atoms with Gasteiger partial charge >= 0.3 is 0 Å². The molecule has 0 saturated carbocycles. The lowest BCUT2D eigenvalue weighted by atomic mass is 10.1. The fourth-order valence-electron chi connectivity index (χ4n) is 3.10. The Balaban J connectivity index is 1.34. The number of halogens is 2. The number of benzene rings is 2. The number of amides is 1. The number of anilines is 1. The predicted octanol–water partition coefficient (Wildman–Crippen LogP) is 4.67. The normalized spacial score (nSPS) is 14.6. The lowest BCUT2D eigenvalue weighted by molar-refractivity contribution is -0.116. The summed E-state index contributed by atoms with van der Waals surface area (Å²) in [5.41, 5.74) is 2.08. The van der Waals surface area contributed by atoms with Gasteiger partial charge in [-0.2, -0.15) is 0 Å². The van der Waals surface area contributed by atoms with Crippen molar-refractivity contribution in [2.75, 3.05) is 44.8 Å². The Morgan fingerprint density at radius 3 is 2.59 bits per heavy atom. The Kier molecular flexibility index (Phi) is 8.62. The summed E-state index contributed by atoms with van der Waals surface area (Å²) < 4.78 is 11.0. The quantitative estimate of drug-likeness (QED) is 0.580. The van der Waals surface area contributed by atoms with Gasteiger partial charge in [0.05, 0.1) is 24.8 Å². The molecule has 29 heavy (non-hydrogen) atoms. The molecule has 0 spiro atoms. The molecule has 7 heteroatoms. The number of nitrogens with one attached hydrogen (secondary N) is 1. The van der Waals surface area contributed by atoms with Crippen molar-refractivity contribution in [3.05, 3.63) is 58.1 Å². The molecule has 2 aromatic rings. The van der Waals surface area contributed by atoms with Gasteiger partial charge in [0, 0.05) is 36.8 Å². The van der Waals surface area contributed by atoms with Crippen LogP contribution in [0.2, 0.25) is 10.0 Å². The molecule has 1 N–H and O–H groups in total. The maximum atomic E-state index is 12.1. The smallest absolute Gasteiger partial charge is 0.224 e. The summed E-state index contributed by atoms with van der Waals surface area (Å²) in [7, 11) is 0. The number of hydrogen-bond donors (Lipinski definition) is 1. The summed E-state index contributed by atoms with van der Waals surface area (Å²) in [6.45, 7) is 5.09. The second-order valence-corrected chi connectivity index (χ2v) is 7.82. The Hall–Kier alpha value is -1.79. The lowest BCUT2D eigenvalue weighted by Crippen LogP contribution is -2.37. The first-order valence-corrected chi connectivity index (χ1v) is 10.6. The number of morpholine rings is 1. The van der Waals surface area contributed by atoms with Gasteiger partial charge in [0.25, 0.3) is 0 Å². The number of carbonyl (C=O) groups excluding carboxylic acids is 1. The molecule has 0 unspecified atom stereocenters. The first-order chi connectivity index (χ1) is 14.1. The SMILES string of the molecule is O=C(CCCOc1ccc(Cl)cc1Cl)Nc1ccc(CCN2CCOCC2)cc1. The van der Waals surface area contributed by atoms with E-state index in [9.17, 15) is 4.79 Å². The van der Waals surface area contributed by atoms with Crippen molar-refractivity contribution in [2.45, 2.75) is 19.3 Å². The summed E-state index contributed by atoms with van der Waals surface area (Å²) in [6.07, 6.45) is 1.98. The van der Waals surface area contributed by atoms with Gasteiger partial charge in [0.2, 0.25) is 5.91 Å². The predicted molar refractivity (Wildman–Crippen MR) is 117 cm³/mol. The zero-order valence-corrected chi connectivity index (χ0v) is 17.8. The number of nitrogens with zero attached hydrogens (tertiary/aromatic N) is 1. The van der Waals surface area contributed by atoms with E-state index >= 15 is 0 Å². The highest BCUT2D eigenvalue weighted by Crippen LogP contribution is 2.27. The van der Waals surface area contributed by atoms with Crippen molar-refractivity contribution in [3.8, 4) is 5.75 Å². The second kappa shape index (κ2) is 11.4. The molecule has 3 rings (SSSR count). The van der Waals surface area contributed by atoms with Crippen LogP contribution in [-0.2, 0) is 16.0 Å². The molecule has 1 saturated heterocycles. The zero-order valence-electron chi connectivity index (χ0n) is 16.3. The van der Waals surface area contributed by atoms with Gasteiger partial charge < -0.3 is 14.8 Å². The third-order valence-electron chi connectivity index (χ3n) is 4.76. The molecule has 1 heterocycles. The van der Waals surface area contributed by atoms with Gasteiger partial charge in [-0.25, -0.2) is 0 Å². The lowest BCUT2D eigenvalue weighted by Gasteiger charge is -2.26. The van der Waals surface area contributed by atoms with E-state index in [1.807, 2.05) is 12.1 Å². The van der Waals surface area contributed by atoms with E-state index in [1.54, 1.807) is 18.2 Å². The van der Waals surface area contributed by atoms with Crippen LogP contribution in [0, 0.1) is 0 Å². The highest BCUT2D eigenvalue weighted by Gasteiger charge is 2.10. The van der Waals surface area contributed by atoms with Gasteiger partial charge in [-0.15, -0.1) is 0 Å². The van der Waals surface area contributed by atoms with E-state index in [2.05, 4.69) is 22.3 Å². The van der Waals surface area contributed by atoms with Gasteiger partial charge in [-0.3, -0.25) is 9.69 Å². The molecular formula is C22H26Cl2N2O3. The van der Waals surface area contributed by atoms with E-state index < -0.39 is 0 Å². The minimum atomic E-state index is -0.0307. The molecular weight excluding hydrogens is 411 g/mol. The number of hydrogen-bond acceptors (Lipinski definition) is 4. The van der Waals surface area contributed by atoms with Crippen LogP contribution < -0.4 is 10.1 Å². The van der Waals surface area contributed by atoms with Crippen molar-refractivity contribution < 1.29 is 14.3 Å². The van der Waals surface area contributed by atoms with Crippen molar-refractivity contribution in [1.82, 2.24) is 4.90 Å². The molecule has 0 bridgehead atoms. The molecule has 1 aliphatic rings. The van der Waals surface area contributed by atoms with Crippen LogP contribution in [0.1, 0.15) is 18.4 Å². The van der Waals surface area contributed by atoms with Crippen LogP contribution >= 0.6 is 23.2 Å².